The highest BCUT2D eigenvalue weighted by atomic mass is 32.2. The largest absolute Gasteiger partial charge is 0.492 e. The van der Waals surface area contributed by atoms with Gasteiger partial charge in [0.1, 0.15) is 5.75 Å². The van der Waals surface area contributed by atoms with Gasteiger partial charge in [0.15, 0.2) is 6.61 Å². The minimum absolute atomic E-state index is 0.0544. The van der Waals surface area contributed by atoms with Gasteiger partial charge in [-0.3, -0.25) is 9.59 Å². The zero-order valence-electron chi connectivity index (χ0n) is 16.7. The molecule has 0 heterocycles. The number of nitrogens with one attached hydrogen (secondary N) is 1. The third-order valence-corrected chi connectivity index (χ3v) is 6.67. The number of amides is 1. The summed E-state index contributed by atoms with van der Waals surface area (Å²) in [6, 6.07) is 4.32. The minimum Gasteiger partial charge on any atom is -0.492 e. The number of ether oxygens (including phenoxy) is 2. The molecule has 0 aromatic heterocycles. The average Bonchev–Trinajstić information content (AvgIpc) is 3.39. The topological polar surface area (TPSA) is 102 Å². The molecule has 0 spiro atoms. The zero-order chi connectivity index (χ0) is 20.9. The van der Waals surface area contributed by atoms with Crippen molar-refractivity contribution in [1.29, 1.82) is 0 Å². The number of hydrogen-bond acceptors (Lipinski definition) is 6. The van der Waals surface area contributed by atoms with Gasteiger partial charge in [-0.25, -0.2) is 8.42 Å². The first kappa shape index (κ1) is 22.2. The first-order valence-corrected chi connectivity index (χ1v) is 10.9. The van der Waals surface area contributed by atoms with E-state index in [1.54, 1.807) is 20.8 Å². The third-order valence-electron chi connectivity index (χ3n) is 4.63. The Morgan fingerprint density at radius 3 is 2.39 bits per heavy atom. The van der Waals surface area contributed by atoms with Crippen molar-refractivity contribution in [1.82, 2.24) is 4.31 Å². The van der Waals surface area contributed by atoms with Crippen LogP contribution in [-0.4, -0.2) is 50.9 Å². The lowest BCUT2D eigenvalue weighted by Gasteiger charge is -2.20. The molecule has 2 rings (SSSR count). The van der Waals surface area contributed by atoms with Crippen LogP contribution in [0.1, 0.15) is 34.1 Å². The standard InChI is InChI=1S/C19H28N2O6S/c1-5-21(6-2)28(24,25)14-8-9-17(26-7-3)16(11-14)20-18(22)12-27-19(23)15-10-13(15)4/h8-9,11,13,15H,5-7,10,12H2,1-4H3,(H,20,22)/t13-,15+/m1/s1. The van der Waals surface area contributed by atoms with Gasteiger partial charge >= 0.3 is 5.97 Å². The van der Waals surface area contributed by atoms with E-state index >= 15 is 0 Å². The Morgan fingerprint density at radius 1 is 1.21 bits per heavy atom. The number of nitrogens with zero attached hydrogens (tertiary/aromatic N) is 1. The van der Waals surface area contributed by atoms with Crippen molar-refractivity contribution in [3.05, 3.63) is 18.2 Å². The number of carbonyl (C=O) groups excluding carboxylic acids is 2. The summed E-state index contributed by atoms with van der Waals surface area (Å²) in [7, 11) is -3.68. The molecule has 156 valence electrons. The van der Waals surface area contributed by atoms with E-state index in [-0.39, 0.29) is 22.5 Å². The van der Waals surface area contributed by atoms with Crippen LogP contribution in [0, 0.1) is 11.8 Å². The predicted molar refractivity (Wildman–Crippen MR) is 105 cm³/mol. The van der Waals surface area contributed by atoms with Gasteiger partial charge in [-0.1, -0.05) is 20.8 Å². The van der Waals surface area contributed by atoms with Crippen LogP contribution in [0.25, 0.3) is 0 Å². The molecule has 0 radical (unpaired) electrons. The Balaban J connectivity index is 2.16. The number of esters is 1. The Labute approximate surface area is 166 Å². The van der Waals surface area contributed by atoms with Crippen molar-refractivity contribution >= 4 is 27.6 Å². The Bertz CT molecular complexity index is 820. The third kappa shape index (κ3) is 5.23. The molecule has 1 saturated carbocycles. The van der Waals surface area contributed by atoms with Crippen LogP contribution in [0.4, 0.5) is 5.69 Å². The fourth-order valence-electron chi connectivity index (χ4n) is 2.84. The number of rotatable bonds is 10. The van der Waals surface area contributed by atoms with E-state index < -0.39 is 22.5 Å². The lowest BCUT2D eigenvalue weighted by Crippen LogP contribution is -2.30. The molecule has 1 amide bonds. The van der Waals surface area contributed by atoms with Crippen molar-refractivity contribution in [3.63, 3.8) is 0 Å². The van der Waals surface area contributed by atoms with Crippen LogP contribution in [0.5, 0.6) is 5.75 Å². The number of benzene rings is 1. The normalized spacial score (nSPS) is 18.6. The molecule has 8 nitrogen and oxygen atoms in total. The van der Waals surface area contributed by atoms with E-state index in [2.05, 4.69) is 5.32 Å². The molecular formula is C19H28N2O6S. The van der Waals surface area contributed by atoms with Crippen LogP contribution < -0.4 is 10.1 Å². The molecule has 0 aliphatic heterocycles. The highest BCUT2D eigenvalue weighted by Gasteiger charge is 2.40. The van der Waals surface area contributed by atoms with Gasteiger partial charge in [0.25, 0.3) is 5.91 Å². The number of sulfonamides is 1. The SMILES string of the molecule is CCOc1ccc(S(=O)(=O)N(CC)CC)cc1NC(=O)COC(=O)[C@H]1C[C@H]1C. The van der Waals surface area contributed by atoms with Crippen LogP contribution in [0.3, 0.4) is 0 Å². The smallest absolute Gasteiger partial charge is 0.309 e. The second-order valence-electron chi connectivity index (χ2n) is 6.66. The first-order chi connectivity index (χ1) is 13.2. The molecule has 0 unspecified atom stereocenters. The lowest BCUT2D eigenvalue weighted by molar-refractivity contribution is -0.148. The summed E-state index contributed by atoms with van der Waals surface area (Å²) in [5.41, 5.74) is 0.218. The van der Waals surface area contributed by atoms with Crippen LogP contribution >= 0.6 is 0 Å². The predicted octanol–water partition coefficient (Wildman–Crippen LogP) is 2.25. The van der Waals surface area contributed by atoms with Crippen LogP contribution in [-0.2, 0) is 24.3 Å². The van der Waals surface area contributed by atoms with E-state index in [0.29, 0.717) is 31.4 Å². The molecule has 1 aromatic rings. The molecule has 2 atom stereocenters. The van der Waals surface area contributed by atoms with Gasteiger partial charge in [-0.05, 0) is 37.5 Å². The van der Waals surface area contributed by atoms with Crippen molar-refractivity contribution in [2.45, 2.75) is 39.0 Å². The highest BCUT2D eigenvalue weighted by Crippen LogP contribution is 2.38. The van der Waals surface area contributed by atoms with E-state index in [1.165, 1.54) is 22.5 Å². The molecule has 1 aliphatic carbocycles. The number of carbonyl (C=O) groups is 2. The van der Waals surface area contributed by atoms with Gasteiger partial charge < -0.3 is 14.8 Å². The summed E-state index contributed by atoms with van der Waals surface area (Å²) in [5, 5.41) is 2.58. The van der Waals surface area contributed by atoms with Gasteiger partial charge in [0, 0.05) is 13.1 Å². The number of anilines is 1. The van der Waals surface area contributed by atoms with Crippen LogP contribution in [0.15, 0.2) is 23.1 Å². The summed E-state index contributed by atoms with van der Waals surface area (Å²) in [4.78, 5) is 24.0. The number of hydrogen-bond donors (Lipinski definition) is 1. The molecular weight excluding hydrogens is 384 g/mol. The summed E-state index contributed by atoms with van der Waals surface area (Å²) in [5.74, 6) is -0.432. The van der Waals surface area contributed by atoms with Crippen molar-refractivity contribution < 1.29 is 27.5 Å². The second kappa shape index (κ2) is 9.38. The maximum Gasteiger partial charge on any atom is 0.309 e. The van der Waals surface area contributed by atoms with Gasteiger partial charge in [0.05, 0.1) is 23.1 Å². The molecule has 1 N–H and O–H groups in total. The van der Waals surface area contributed by atoms with Crippen molar-refractivity contribution in [2.75, 3.05) is 31.6 Å². The molecule has 0 saturated heterocycles. The minimum atomic E-state index is -3.68. The molecule has 28 heavy (non-hydrogen) atoms. The van der Waals surface area contributed by atoms with E-state index in [1.807, 2.05) is 6.92 Å². The van der Waals surface area contributed by atoms with Crippen LogP contribution in [0.2, 0.25) is 0 Å². The summed E-state index contributed by atoms with van der Waals surface area (Å²) < 4.78 is 37.3. The Morgan fingerprint density at radius 2 is 1.86 bits per heavy atom. The monoisotopic (exact) mass is 412 g/mol. The van der Waals surface area contributed by atoms with Crippen molar-refractivity contribution in [2.24, 2.45) is 11.8 Å². The second-order valence-corrected chi connectivity index (χ2v) is 8.59. The average molecular weight is 413 g/mol. The Hall–Kier alpha value is -2.13. The quantitative estimate of drug-likeness (QED) is 0.592. The fraction of sp³-hybridized carbons (Fsp3) is 0.579. The van der Waals surface area contributed by atoms with Gasteiger partial charge in [0.2, 0.25) is 10.0 Å². The van der Waals surface area contributed by atoms with E-state index in [9.17, 15) is 18.0 Å². The van der Waals surface area contributed by atoms with E-state index in [4.69, 9.17) is 9.47 Å². The fourth-order valence-corrected chi connectivity index (χ4v) is 4.33. The summed E-state index contributed by atoms with van der Waals surface area (Å²) in [6.45, 7) is 7.83. The van der Waals surface area contributed by atoms with Crippen molar-refractivity contribution in [3.8, 4) is 5.75 Å². The molecule has 1 aromatic carbocycles. The molecule has 1 aliphatic rings. The lowest BCUT2D eigenvalue weighted by atomic mass is 10.3. The van der Waals surface area contributed by atoms with Gasteiger partial charge in [-0.2, -0.15) is 4.31 Å². The maximum absolute atomic E-state index is 12.7. The molecule has 1 fully saturated rings. The molecule has 0 bridgehead atoms. The summed E-state index contributed by atoms with van der Waals surface area (Å²) in [6.07, 6.45) is 0.778. The summed E-state index contributed by atoms with van der Waals surface area (Å²) >= 11 is 0. The zero-order valence-corrected chi connectivity index (χ0v) is 17.5. The maximum atomic E-state index is 12.7. The Kier molecular flexibility index (Phi) is 7.42. The first-order valence-electron chi connectivity index (χ1n) is 9.48. The van der Waals surface area contributed by atoms with E-state index in [0.717, 1.165) is 6.42 Å². The highest BCUT2D eigenvalue weighted by molar-refractivity contribution is 7.89. The molecule has 9 heteroatoms. The van der Waals surface area contributed by atoms with Gasteiger partial charge in [-0.15, -0.1) is 0 Å².